The van der Waals surface area contributed by atoms with Crippen molar-refractivity contribution in [1.29, 1.82) is 0 Å². The first-order chi connectivity index (χ1) is 10.7. The minimum Gasteiger partial charge on any atom is -0.351 e. The van der Waals surface area contributed by atoms with Gasteiger partial charge in [0.1, 0.15) is 5.82 Å². The van der Waals surface area contributed by atoms with Gasteiger partial charge in [-0.15, -0.1) is 0 Å². The second kappa shape index (κ2) is 7.23. The number of carbonyl (C=O) groups is 1. The van der Waals surface area contributed by atoms with E-state index >= 15 is 0 Å². The van der Waals surface area contributed by atoms with Crippen molar-refractivity contribution in [3.05, 3.63) is 35.6 Å². The summed E-state index contributed by atoms with van der Waals surface area (Å²) in [4.78, 5) is 14.4. The number of nitrogens with one attached hydrogen (secondary N) is 1. The number of rotatable bonds is 4. The Balaban J connectivity index is 1.42. The largest absolute Gasteiger partial charge is 0.351 e. The predicted molar refractivity (Wildman–Crippen MR) is 84.8 cm³/mol. The van der Waals surface area contributed by atoms with E-state index in [1.165, 1.54) is 44.2 Å². The van der Waals surface area contributed by atoms with Crippen LogP contribution in [0, 0.1) is 17.7 Å². The van der Waals surface area contributed by atoms with Crippen molar-refractivity contribution in [2.45, 2.75) is 38.6 Å². The molecule has 4 heteroatoms. The van der Waals surface area contributed by atoms with Crippen molar-refractivity contribution in [3.8, 4) is 0 Å². The molecule has 2 atom stereocenters. The molecule has 1 aromatic carbocycles. The van der Waals surface area contributed by atoms with Crippen LogP contribution in [-0.4, -0.2) is 30.4 Å². The molecule has 1 saturated carbocycles. The zero-order valence-corrected chi connectivity index (χ0v) is 13.1. The van der Waals surface area contributed by atoms with Gasteiger partial charge in [-0.1, -0.05) is 31.4 Å². The highest BCUT2D eigenvalue weighted by molar-refractivity contribution is 5.78. The van der Waals surface area contributed by atoms with Gasteiger partial charge in [-0.25, -0.2) is 4.39 Å². The molecule has 3 nitrogen and oxygen atoms in total. The Hall–Kier alpha value is -1.42. The van der Waals surface area contributed by atoms with Gasteiger partial charge in [-0.05, 0) is 48.9 Å². The molecule has 2 fully saturated rings. The number of benzene rings is 1. The van der Waals surface area contributed by atoms with Crippen LogP contribution in [0.1, 0.15) is 37.7 Å². The molecule has 0 spiro atoms. The van der Waals surface area contributed by atoms with Gasteiger partial charge in [0, 0.05) is 13.1 Å². The monoisotopic (exact) mass is 304 g/mol. The van der Waals surface area contributed by atoms with Crippen LogP contribution >= 0.6 is 0 Å². The highest BCUT2D eigenvalue weighted by Gasteiger charge is 2.31. The Morgan fingerprint density at radius 3 is 2.64 bits per heavy atom. The van der Waals surface area contributed by atoms with E-state index in [0.717, 1.165) is 30.5 Å². The molecule has 1 aromatic rings. The van der Waals surface area contributed by atoms with E-state index < -0.39 is 0 Å². The third kappa shape index (κ3) is 4.07. The lowest BCUT2D eigenvalue weighted by molar-refractivity contribution is -0.123. The Morgan fingerprint density at radius 2 is 1.86 bits per heavy atom. The summed E-state index contributed by atoms with van der Waals surface area (Å²) in [6.45, 7) is 3.09. The maximum atomic E-state index is 12.8. The Morgan fingerprint density at radius 1 is 1.14 bits per heavy atom. The first kappa shape index (κ1) is 15.5. The van der Waals surface area contributed by atoms with Crippen LogP contribution in [0.2, 0.25) is 0 Å². The van der Waals surface area contributed by atoms with Crippen LogP contribution in [0.4, 0.5) is 4.39 Å². The van der Waals surface area contributed by atoms with E-state index in [4.69, 9.17) is 0 Å². The number of fused-ring (bicyclic) bond motifs is 1. The highest BCUT2D eigenvalue weighted by Crippen LogP contribution is 2.35. The topological polar surface area (TPSA) is 32.3 Å². The fourth-order valence-electron chi connectivity index (χ4n) is 3.88. The quantitative estimate of drug-likeness (QED) is 0.927. The number of likely N-dealkylation sites (tertiary alicyclic amines) is 1. The van der Waals surface area contributed by atoms with Gasteiger partial charge in [0.15, 0.2) is 0 Å². The van der Waals surface area contributed by atoms with Crippen molar-refractivity contribution in [3.63, 3.8) is 0 Å². The molecule has 0 radical (unpaired) electrons. The summed E-state index contributed by atoms with van der Waals surface area (Å²) in [5.74, 6) is 1.52. The number of piperidine rings is 1. The summed E-state index contributed by atoms with van der Waals surface area (Å²) in [6.07, 6.45) is 6.70. The normalized spacial score (nSPS) is 25.5. The molecule has 120 valence electrons. The molecule has 2 aliphatic rings. The van der Waals surface area contributed by atoms with Gasteiger partial charge in [0.05, 0.1) is 6.54 Å². The zero-order chi connectivity index (χ0) is 15.4. The van der Waals surface area contributed by atoms with E-state index in [0.29, 0.717) is 13.1 Å². The zero-order valence-electron chi connectivity index (χ0n) is 13.1. The second-order valence-electron chi connectivity index (χ2n) is 6.73. The van der Waals surface area contributed by atoms with E-state index in [1.54, 1.807) is 12.1 Å². The minimum atomic E-state index is -0.245. The number of halogens is 1. The van der Waals surface area contributed by atoms with Crippen LogP contribution < -0.4 is 5.32 Å². The number of nitrogens with zero attached hydrogens (tertiary/aromatic N) is 1. The summed E-state index contributed by atoms with van der Waals surface area (Å²) in [7, 11) is 0. The fourth-order valence-corrected chi connectivity index (χ4v) is 3.88. The van der Waals surface area contributed by atoms with Crippen LogP contribution in [0.5, 0.6) is 0 Å². The molecule has 22 heavy (non-hydrogen) atoms. The summed E-state index contributed by atoms with van der Waals surface area (Å²) in [5, 5.41) is 2.93. The number of hydrogen-bond donors (Lipinski definition) is 1. The van der Waals surface area contributed by atoms with Crippen molar-refractivity contribution in [1.82, 2.24) is 10.2 Å². The second-order valence-corrected chi connectivity index (χ2v) is 6.73. The highest BCUT2D eigenvalue weighted by atomic mass is 19.1. The smallest absolute Gasteiger partial charge is 0.234 e. The molecule has 0 aromatic heterocycles. The molecular weight excluding hydrogens is 279 g/mol. The summed E-state index contributed by atoms with van der Waals surface area (Å²) < 4.78 is 12.8. The average Bonchev–Trinajstić information content (AvgIpc) is 2.54. The van der Waals surface area contributed by atoms with Gasteiger partial charge in [0.2, 0.25) is 5.91 Å². The maximum absolute atomic E-state index is 12.8. The van der Waals surface area contributed by atoms with Gasteiger partial charge < -0.3 is 5.32 Å². The molecular formula is C18H25FN2O. The van der Waals surface area contributed by atoms with Crippen LogP contribution in [-0.2, 0) is 11.3 Å². The molecule has 1 saturated heterocycles. The van der Waals surface area contributed by atoms with Crippen molar-refractivity contribution >= 4 is 5.91 Å². The third-order valence-electron chi connectivity index (χ3n) is 5.15. The Labute approximate surface area is 131 Å². The molecule has 0 bridgehead atoms. The van der Waals surface area contributed by atoms with Gasteiger partial charge in [-0.2, -0.15) is 0 Å². The minimum absolute atomic E-state index is 0.0681. The van der Waals surface area contributed by atoms with Crippen LogP contribution in [0.25, 0.3) is 0 Å². The standard InChI is InChI=1S/C18H25FN2O/c19-17-7-5-14(6-8-17)11-20-18(22)13-21-10-9-15-3-1-2-4-16(15)12-21/h5-8,15-16H,1-4,9-13H2,(H,20,22). The molecule has 1 amide bonds. The summed E-state index contributed by atoms with van der Waals surface area (Å²) in [5.41, 5.74) is 0.931. The lowest BCUT2D eigenvalue weighted by Gasteiger charge is -2.41. The van der Waals surface area contributed by atoms with Crippen molar-refractivity contribution in [2.75, 3.05) is 19.6 Å². The van der Waals surface area contributed by atoms with Crippen molar-refractivity contribution < 1.29 is 9.18 Å². The van der Waals surface area contributed by atoms with Crippen LogP contribution in [0.15, 0.2) is 24.3 Å². The molecule has 3 rings (SSSR count). The lowest BCUT2D eigenvalue weighted by atomic mass is 9.75. The number of carbonyl (C=O) groups excluding carboxylic acids is 1. The summed E-state index contributed by atoms with van der Waals surface area (Å²) in [6, 6.07) is 6.27. The predicted octanol–water partition coefficient (Wildman–Crippen LogP) is 2.95. The van der Waals surface area contributed by atoms with Crippen LogP contribution in [0.3, 0.4) is 0 Å². The Kier molecular flexibility index (Phi) is 5.08. The maximum Gasteiger partial charge on any atom is 0.234 e. The Bertz CT molecular complexity index is 502. The first-order valence-electron chi connectivity index (χ1n) is 8.44. The van der Waals surface area contributed by atoms with E-state index in [9.17, 15) is 9.18 Å². The number of amides is 1. The lowest BCUT2D eigenvalue weighted by Crippen LogP contribution is -2.46. The molecule has 1 aliphatic heterocycles. The van der Waals surface area contributed by atoms with Gasteiger partial charge in [-0.3, -0.25) is 9.69 Å². The fraction of sp³-hybridized carbons (Fsp3) is 0.611. The van der Waals surface area contributed by atoms with E-state index in [1.807, 2.05) is 0 Å². The molecule has 1 N–H and O–H groups in total. The van der Waals surface area contributed by atoms with Gasteiger partial charge in [0.25, 0.3) is 0 Å². The molecule has 2 unspecified atom stereocenters. The summed E-state index contributed by atoms with van der Waals surface area (Å²) >= 11 is 0. The van der Waals surface area contributed by atoms with E-state index in [-0.39, 0.29) is 11.7 Å². The van der Waals surface area contributed by atoms with Gasteiger partial charge >= 0.3 is 0 Å². The average molecular weight is 304 g/mol. The molecule has 1 heterocycles. The number of hydrogen-bond acceptors (Lipinski definition) is 2. The first-order valence-corrected chi connectivity index (χ1v) is 8.44. The van der Waals surface area contributed by atoms with Crippen molar-refractivity contribution in [2.24, 2.45) is 11.8 Å². The third-order valence-corrected chi connectivity index (χ3v) is 5.15. The van der Waals surface area contributed by atoms with E-state index in [2.05, 4.69) is 10.2 Å². The SMILES string of the molecule is O=C(CN1CCC2CCCCC2C1)NCc1ccc(F)cc1. The molecule has 1 aliphatic carbocycles.